The van der Waals surface area contributed by atoms with Gasteiger partial charge in [-0.3, -0.25) is 0 Å². The SMILES string of the molecule is COc1cccc2c1C(=O)O[C@@H](CCCOCc1ccccc1)C[C@H]1C[C@H](OCc3ccccc3)C[C@@H](O1)[C@H]2[Hg][Cl]. The molecule has 0 saturated carbocycles. The Bertz CT molecular complexity index is 1240. The van der Waals surface area contributed by atoms with Gasteiger partial charge in [0.1, 0.15) is 0 Å². The van der Waals surface area contributed by atoms with Crippen LogP contribution in [0.2, 0.25) is 0 Å². The standard InChI is InChI=1S/C33H37O6.ClH.Hg/c1-35-31-16-8-14-26-18-29-20-28(37-23-25-12-6-3-7-13-25)21-30(38-29)19-27(39-33(34)32(26)31)15-9-17-36-22-24-10-4-2-5-11-24;;/h2-8,10-14,16,18,27-30H,9,15,17,19-23H2,1H3;1H;/q;;+1/p-1/t27-,28+,29-,30-;;/m0../s1. The summed E-state index contributed by atoms with van der Waals surface area (Å²) in [4.78, 5) is 13.7. The van der Waals surface area contributed by atoms with Gasteiger partial charge in [0, 0.05) is 0 Å². The quantitative estimate of drug-likeness (QED) is 0.119. The Morgan fingerprint density at radius 2 is 1.63 bits per heavy atom. The molecular weight excluding hydrogens is 728 g/mol. The molecule has 0 N–H and O–H groups in total. The third-order valence-electron chi connectivity index (χ3n) is 7.94. The first kappa shape index (κ1) is 30.5. The molecule has 3 aromatic rings. The second-order valence-electron chi connectivity index (χ2n) is 10.8. The fraction of sp³-hybridized carbons (Fsp3) is 0.424. The summed E-state index contributed by atoms with van der Waals surface area (Å²) in [6.07, 6.45) is 3.14. The van der Waals surface area contributed by atoms with Crippen LogP contribution in [0.1, 0.15) is 62.6 Å². The van der Waals surface area contributed by atoms with Crippen molar-refractivity contribution in [1.82, 2.24) is 0 Å². The molecule has 0 amide bonds. The molecule has 3 aromatic carbocycles. The first-order valence-corrected chi connectivity index (χ1v) is 24.4. The maximum atomic E-state index is 13.7. The number of halogens is 1. The average molecular weight is 766 g/mol. The topological polar surface area (TPSA) is 63.2 Å². The molecule has 2 heterocycles. The zero-order chi connectivity index (χ0) is 28.4. The van der Waals surface area contributed by atoms with Crippen molar-refractivity contribution in [2.75, 3.05) is 13.7 Å². The van der Waals surface area contributed by atoms with E-state index in [1.54, 1.807) is 7.11 Å². The first-order chi connectivity index (χ1) is 20.1. The van der Waals surface area contributed by atoms with Crippen LogP contribution in [0.15, 0.2) is 78.9 Å². The van der Waals surface area contributed by atoms with E-state index >= 15 is 0 Å². The number of rotatable bonds is 11. The van der Waals surface area contributed by atoms with E-state index in [0.29, 0.717) is 44.0 Å². The summed E-state index contributed by atoms with van der Waals surface area (Å²) in [5, 5.41) is 0. The van der Waals surface area contributed by atoms with E-state index in [1.165, 1.54) is 0 Å². The molecule has 0 aliphatic carbocycles. The molecule has 41 heavy (non-hydrogen) atoms. The molecule has 1 saturated heterocycles. The monoisotopic (exact) mass is 766 g/mol. The molecule has 5 atom stereocenters. The van der Waals surface area contributed by atoms with Gasteiger partial charge in [-0.25, -0.2) is 0 Å². The van der Waals surface area contributed by atoms with Gasteiger partial charge in [-0.2, -0.15) is 0 Å². The third-order valence-corrected chi connectivity index (χ3v) is 15.9. The Hall–Kier alpha value is -1.96. The van der Waals surface area contributed by atoms with Crippen molar-refractivity contribution in [1.29, 1.82) is 0 Å². The molecule has 2 aliphatic heterocycles. The fourth-order valence-corrected chi connectivity index (χ4v) is 13.0. The van der Waals surface area contributed by atoms with E-state index in [1.807, 2.05) is 54.6 Å². The number of carbonyl (C=O) groups excluding carboxylic acids is 1. The molecule has 0 spiro atoms. The Balaban J connectivity index is 1.33. The second-order valence-corrected chi connectivity index (χ2v) is 18.1. The Labute approximate surface area is 258 Å². The molecule has 0 unspecified atom stereocenters. The number of benzene rings is 3. The molecule has 0 radical (unpaired) electrons. The number of cyclic esters (lactones) is 1. The Morgan fingerprint density at radius 1 is 0.902 bits per heavy atom. The predicted octanol–water partition coefficient (Wildman–Crippen LogP) is 7.03. The van der Waals surface area contributed by atoms with Crippen LogP contribution >= 0.6 is 8.25 Å². The van der Waals surface area contributed by atoms with Gasteiger partial charge in [-0.1, -0.05) is 30.3 Å². The van der Waals surface area contributed by atoms with Crippen LogP contribution < -0.4 is 4.74 Å². The van der Waals surface area contributed by atoms with Crippen molar-refractivity contribution in [2.45, 2.75) is 73.2 Å². The molecule has 1 fully saturated rings. The first-order valence-electron chi connectivity index (χ1n) is 14.5. The predicted molar refractivity (Wildman–Crippen MR) is 154 cm³/mol. The van der Waals surface area contributed by atoms with Crippen molar-refractivity contribution in [3.05, 3.63) is 101 Å². The van der Waals surface area contributed by atoms with Gasteiger partial charge in [-0.15, -0.1) is 0 Å². The zero-order valence-electron chi connectivity index (χ0n) is 23.6. The van der Waals surface area contributed by atoms with Crippen LogP contribution in [0.3, 0.4) is 0 Å². The van der Waals surface area contributed by atoms with Crippen LogP contribution in [0.4, 0.5) is 0 Å². The molecule has 2 bridgehead atoms. The summed E-state index contributed by atoms with van der Waals surface area (Å²) in [7, 11) is 8.39. The van der Waals surface area contributed by atoms with Gasteiger partial charge in [-0.05, 0) is 0 Å². The van der Waals surface area contributed by atoms with E-state index in [4.69, 9.17) is 31.9 Å². The van der Waals surface area contributed by atoms with Crippen molar-refractivity contribution in [2.24, 2.45) is 0 Å². The van der Waals surface area contributed by atoms with Gasteiger partial charge in [0.15, 0.2) is 0 Å². The van der Waals surface area contributed by atoms with Crippen LogP contribution in [-0.2, 0) is 55.5 Å². The number of hydrogen-bond donors (Lipinski definition) is 0. The summed E-state index contributed by atoms with van der Waals surface area (Å²) in [6.45, 7) is 1.71. The van der Waals surface area contributed by atoms with Crippen LogP contribution in [-0.4, -0.2) is 44.1 Å². The van der Waals surface area contributed by atoms with Crippen LogP contribution in [0, 0.1) is 0 Å². The van der Waals surface area contributed by atoms with E-state index in [0.717, 1.165) is 36.0 Å². The van der Waals surface area contributed by atoms with Gasteiger partial charge in [0.05, 0.1) is 0 Å². The molecule has 2 aliphatic rings. The summed E-state index contributed by atoms with van der Waals surface area (Å²) in [5.74, 6) is 0.179. The minimum absolute atomic E-state index is 0.0166. The van der Waals surface area contributed by atoms with Crippen LogP contribution in [0.25, 0.3) is 0 Å². The number of carbonyl (C=O) groups is 1. The zero-order valence-corrected chi connectivity index (χ0v) is 29.8. The normalized spacial score (nSPS) is 24.0. The van der Waals surface area contributed by atoms with Crippen molar-refractivity contribution < 1.29 is 51.8 Å². The molecule has 6 nitrogen and oxygen atoms in total. The maximum absolute atomic E-state index is 13.7. The molecule has 0 aromatic heterocycles. The van der Waals surface area contributed by atoms with Gasteiger partial charge in [0.25, 0.3) is 0 Å². The summed E-state index contributed by atoms with van der Waals surface area (Å²) in [6, 6.07) is 26.1. The Morgan fingerprint density at radius 3 is 2.34 bits per heavy atom. The van der Waals surface area contributed by atoms with Crippen LogP contribution in [0.5, 0.6) is 5.75 Å². The molecular formula is C33H37ClHgO6. The number of fused-ring (bicyclic) bond motifs is 3. The molecule has 8 heteroatoms. The van der Waals surface area contributed by atoms with E-state index in [-0.39, 0.29) is 33.8 Å². The van der Waals surface area contributed by atoms with E-state index in [9.17, 15) is 4.79 Å². The average Bonchev–Trinajstić information content (AvgIpc) is 3.00. The minimum atomic E-state index is -1.99. The van der Waals surface area contributed by atoms with Crippen molar-refractivity contribution in [3.8, 4) is 5.75 Å². The number of ether oxygens (including phenoxy) is 5. The van der Waals surface area contributed by atoms with Crippen molar-refractivity contribution in [3.63, 3.8) is 0 Å². The van der Waals surface area contributed by atoms with Gasteiger partial charge >= 0.3 is 229 Å². The van der Waals surface area contributed by atoms with E-state index < -0.39 is 23.3 Å². The fourth-order valence-electron chi connectivity index (χ4n) is 5.88. The summed E-state index contributed by atoms with van der Waals surface area (Å²) >= 11 is -1.99. The third kappa shape index (κ3) is 8.32. The second kappa shape index (κ2) is 15.5. The number of hydrogen-bond acceptors (Lipinski definition) is 6. The molecule has 214 valence electrons. The summed E-state index contributed by atoms with van der Waals surface area (Å²) in [5.41, 5.74) is 3.68. The van der Waals surface area contributed by atoms with Crippen molar-refractivity contribution >= 4 is 14.2 Å². The molecule has 5 rings (SSSR count). The van der Waals surface area contributed by atoms with Gasteiger partial charge < -0.3 is 0 Å². The Kier molecular flexibility index (Phi) is 11.5. The number of esters is 1. The van der Waals surface area contributed by atoms with E-state index in [2.05, 4.69) is 24.3 Å². The number of methoxy groups -OCH3 is 1. The van der Waals surface area contributed by atoms with Gasteiger partial charge in [0.2, 0.25) is 0 Å². The summed E-state index contributed by atoms with van der Waals surface area (Å²) < 4.78 is 31.0.